The van der Waals surface area contributed by atoms with Crippen LogP contribution in [-0.4, -0.2) is 17.7 Å². The third kappa shape index (κ3) is 1.69. The van der Waals surface area contributed by atoms with Crippen LogP contribution in [0.1, 0.15) is 10.6 Å². The molecule has 1 N–H and O–H groups in total. The number of aromatic carboxylic acids is 1. The molecule has 16 heavy (non-hydrogen) atoms. The summed E-state index contributed by atoms with van der Waals surface area (Å²) in [5.41, 5.74) is 0.190. The first-order valence-electron chi connectivity index (χ1n) is 4.29. The van der Waals surface area contributed by atoms with Crippen molar-refractivity contribution < 1.29 is 27.8 Å². The number of carboxylic acids is 1. The first-order chi connectivity index (χ1) is 7.59. The Morgan fingerprint density at radius 2 is 2.06 bits per heavy atom. The molecule has 84 valence electrons. The number of rotatable bonds is 3. The molecule has 4 nitrogen and oxygen atoms in total. The SMILES string of the molecule is O=C(O)c1oc2ccccc2c1OC(F)F. The highest BCUT2D eigenvalue weighted by Crippen LogP contribution is 2.33. The van der Waals surface area contributed by atoms with E-state index in [1.807, 2.05) is 0 Å². The van der Waals surface area contributed by atoms with Gasteiger partial charge in [-0.2, -0.15) is 8.78 Å². The number of ether oxygens (including phenoxy) is 1. The summed E-state index contributed by atoms with van der Waals surface area (Å²) in [6.07, 6.45) is 0. The number of hydrogen-bond donors (Lipinski definition) is 1. The number of benzene rings is 1. The van der Waals surface area contributed by atoms with Crippen molar-refractivity contribution in [2.24, 2.45) is 0 Å². The number of carboxylic acid groups (broad SMARTS) is 1. The van der Waals surface area contributed by atoms with Crippen LogP contribution in [0, 0.1) is 0 Å². The summed E-state index contributed by atoms with van der Waals surface area (Å²) in [5.74, 6) is -2.52. The van der Waals surface area contributed by atoms with Gasteiger partial charge in [0.1, 0.15) is 5.58 Å². The molecule has 0 aliphatic heterocycles. The largest absolute Gasteiger partial charge is 0.475 e. The minimum atomic E-state index is -3.10. The molecule has 0 aliphatic rings. The summed E-state index contributed by atoms with van der Waals surface area (Å²) >= 11 is 0. The van der Waals surface area contributed by atoms with Crippen molar-refractivity contribution in [3.8, 4) is 5.75 Å². The van der Waals surface area contributed by atoms with Crippen molar-refractivity contribution in [1.82, 2.24) is 0 Å². The highest BCUT2D eigenvalue weighted by molar-refractivity contribution is 5.97. The number of halogens is 2. The second kappa shape index (κ2) is 3.80. The van der Waals surface area contributed by atoms with Gasteiger partial charge in [-0.1, -0.05) is 12.1 Å². The fourth-order valence-electron chi connectivity index (χ4n) is 1.37. The molecule has 1 heterocycles. The molecule has 0 fully saturated rings. The maximum Gasteiger partial charge on any atom is 0.387 e. The van der Waals surface area contributed by atoms with Gasteiger partial charge in [-0.15, -0.1) is 0 Å². The molecule has 2 rings (SSSR count). The number of alkyl halides is 2. The Labute approximate surface area is 88.0 Å². The van der Waals surface area contributed by atoms with Crippen LogP contribution in [-0.2, 0) is 0 Å². The Morgan fingerprint density at radius 3 is 2.69 bits per heavy atom. The molecule has 0 saturated carbocycles. The highest BCUT2D eigenvalue weighted by atomic mass is 19.3. The van der Waals surface area contributed by atoms with E-state index >= 15 is 0 Å². The minimum Gasteiger partial charge on any atom is -0.475 e. The Kier molecular flexibility index (Phi) is 2.47. The van der Waals surface area contributed by atoms with Gasteiger partial charge < -0.3 is 14.3 Å². The number of carbonyl (C=O) groups is 1. The molecule has 0 amide bonds. The van der Waals surface area contributed by atoms with Crippen LogP contribution in [0.25, 0.3) is 11.0 Å². The van der Waals surface area contributed by atoms with E-state index in [-0.39, 0.29) is 11.0 Å². The molecular weight excluding hydrogens is 222 g/mol. The van der Waals surface area contributed by atoms with Gasteiger partial charge in [0, 0.05) is 0 Å². The second-order valence-electron chi connectivity index (χ2n) is 2.94. The van der Waals surface area contributed by atoms with E-state index in [0.717, 1.165) is 0 Å². The van der Waals surface area contributed by atoms with Crippen molar-refractivity contribution in [3.05, 3.63) is 30.0 Å². The first-order valence-corrected chi connectivity index (χ1v) is 4.29. The van der Waals surface area contributed by atoms with Crippen molar-refractivity contribution >= 4 is 16.9 Å². The predicted molar refractivity (Wildman–Crippen MR) is 49.8 cm³/mol. The van der Waals surface area contributed by atoms with E-state index in [4.69, 9.17) is 9.52 Å². The Balaban J connectivity index is 2.64. The summed E-state index contributed by atoms with van der Waals surface area (Å²) in [6.45, 7) is -3.10. The third-order valence-corrected chi connectivity index (χ3v) is 1.95. The van der Waals surface area contributed by atoms with Gasteiger partial charge in [-0.25, -0.2) is 4.79 Å². The Hall–Kier alpha value is -2.11. The average molecular weight is 228 g/mol. The van der Waals surface area contributed by atoms with Crippen molar-refractivity contribution in [2.75, 3.05) is 0 Å². The molecule has 1 aromatic heterocycles. The van der Waals surface area contributed by atoms with Crippen LogP contribution in [0.3, 0.4) is 0 Å². The molecule has 0 saturated heterocycles. The standard InChI is InChI=1S/C10H6F2O4/c11-10(12)16-7-5-3-1-2-4-6(5)15-8(7)9(13)14/h1-4,10H,(H,13,14). The van der Waals surface area contributed by atoms with E-state index in [2.05, 4.69) is 4.74 Å². The summed E-state index contributed by atoms with van der Waals surface area (Å²) in [6, 6.07) is 6.09. The number of para-hydroxylation sites is 1. The molecule has 1 aromatic carbocycles. The van der Waals surface area contributed by atoms with Crippen LogP contribution in [0.4, 0.5) is 8.78 Å². The lowest BCUT2D eigenvalue weighted by atomic mass is 10.2. The van der Waals surface area contributed by atoms with Gasteiger partial charge in [0.05, 0.1) is 5.39 Å². The number of furan rings is 1. The molecule has 6 heteroatoms. The van der Waals surface area contributed by atoms with E-state index in [0.29, 0.717) is 0 Å². The summed E-state index contributed by atoms with van der Waals surface area (Å²) in [7, 11) is 0. The van der Waals surface area contributed by atoms with Gasteiger partial charge in [-0.3, -0.25) is 0 Å². The fraction of sp³-hybridized carbons (Fsp3) is 0.100. The van der Waals surface area contributed by atoms with Crippen LogP contribution < -0.4 is 4.74 Å². The zero-order valence-electron chi connectivity index (χ0n) is 7.81. The quantitative estimate of drug-likeness (QED) is 0.877. The summed E-state index contributed by atoms with van der Waals surface area (Å²) in [4.78, 5) is 10.8. The lowest BCUT2D eigenvalue weighted by Gasteiger charge is -2.02. The normalized spacial score (nSPS) is 10.9. The molecule has 0 unspecified atom stereocenters. The maximum atomic E-state index is 12.1. The molecule has 2 aromatic rings. The third-order valence-electron chi connectivity index (χ3n) is 1.95. The zero-order chi connectivity index (χ0) is 11.7. The predicted octanol–water partition coefficient (Wildman–Crippen LogP) is 2.73. The van der Waals surface area contributed by atoms with Crippen molar-refractivity contribution in [3.63, 3.8) is 0 Å². The summed E-state index contributed by atoms with van der Waals surface area (Å²) < 4.78 is 33.3. The minimum absolute atomic E-state index is 0.190. The summed E-state index contributed by atoms with van der Waals surface area (Å²) in [5, 5.41) is 8.97. The Morgan fingerprint density at radius 1 is 1.38 bits per heavy atom. The van der Waals surface area contributed by atoms with E-state index in [9.17, 15) is 13.6 Å². The van der Waals surface area contributed by atoms with Crippen LogP contribution in [0.15, 0.2) is 28.7 Å². The maximum absolute atomic E-state index is 12.1. The van der Waals surface area contributed by atoms with E-state index in [1.54, 1.807) is 12.1 Å². The molecule has 0 bridgehead atoms. The van der Waals surface area contributed by atoms with Crippen LogP contribution in [0.2, 0.25) is 0 Å². The topological polar surface area (TPSA) is 59.7 Å². The molecule has 0 radical (unpaired) electrons. The average Bonchev–Trinajstić information content (AvgIpc) is 2.57. The highest BCUT2D eigenvalue weighted by Gasteiger charge is 2.23. The zero-order valence-corrected chi connectivity index (χ0v) is 7.81. The number of hydrogen-bond acceptors (Lipinski definition) is 3. The lowest BCUT2D eigenvalue weighted by Crippen LogP contribution is -2.05. The van der Waals surface area contributed by atoms with Gasteiger partial charge in [0.25, 0.3) is 5.76 Å². The van der Waals surface area contributed by atoms with Gasteiger partial charge in [0.2, 0.25) is 0 Å². The fourth-order valence-corrected chi connectivity index (χ4v) is 1.37. The smallest absolute Gasteiger partial charge is 0.387 e. The van der Waals surface area contributed by atoms with E-state index in [1.165, 1.54) is 12.1 Å². The van der Waals surface area contributed by atoms with E-state index < -0.39 is 24.1 Å². The first kappa shape index (κ1) is 10.4. The Bertz CT molecular complexity index is 533. The second-order valence-corrected chi connectivity index (χ2v) is 2.94. The van der Waals surface area contributed by atoms with Crippen LogP contribution >= 0.6 is 0 Å². The van der Waals surface area contributed by atoms with Crippen LogP contribution in [0.5, 0.6) is 5.75 Å². The van der Waals surface area contributed by atoms with Crippen molar-refractivity contribution in [2.45, 2.75) is 6.61 Å². The van der Waals surface area contributed by atoms with Gasteiger partial charge in [0.15, 0.2) is 5.75 Å². The molecule has 0 aliphatic carbocycles. The molecule has 0 atom stereocenters. The van der Waals surface area contributed by atoms with Gasteiger partial charge >= 0.3 is 12.6 Å². The lowest BCUT2D eigenvalue weighted by molar-refractivity contribution is -0.0499. The molecule has 0 spiro atoms. The van der Waals surface area contributed by atoms with Crippen molar-refractivity contribution in [1.29, 1.82) is 0 Å². The molecular formula is C10H6F2O4. The number of fused-ring (bicyclic) bond motifs is 1. The monoisotopic (exact) mass is 228 g/mol. The van der Waals surface area contributed by atoms with Gasteiger partial charge in [-0.05, 0) is 12.1 Å².